The van der Waals surface area contributed by atoms with E-state index in [0.717, 1.165) is 38.0 Å². The van der Waals surface area contributed by atoms with Gasteiger partial charge in [0.1, 0.15) is 6.10 Å². The number of piperidine rings is 1. The van der Waals surface area contributed by atoms with Gasteiger partial charge in [-0.2, -0.15) is 0 Å². The van der Waals surface area contributed by atoms with Gasteiger partial charge in [0.25, 0.3) is 0 Å². The highest BCUT2D eigenvalue weighted by Crippen LogP contribution is 2.19. The average Bonchev–Trinajstić information content (AvgIpc) is 2.73. The highest BCUT2D eigenvalue weighted by atomic mass is 16.3. The molecule has 2 atom stereocenters. The third kappa shape index (κ3) is 8.74. The predicted octanol–water partition coefficient (Wildman–Crippen LogP) is 4.83. The lowest BCUT2D eigenvalue weighted by Crippen LogP contribution is -2.48. The lowest BCUT2D eigenvalue weighted by atomic mass is 10.00. The zero-order valence-electron chi connectivity index (χ0n) is 17.7. The van der Waals surface area contributed by atoms with Crippen LogP contribution in [0.4, 0.5) is 0 Å². The number of nitrogens with one attached hydrogen (secondary N) is 1. The highest BCUT2D eigenvalue weighted by Gasteiger charge is 2.25. The molecule has 2 rings (SSSR count). The van der Waals surface area contributed by atoms with Crippen LogP contribution < -0.4 is 5.32 Å². The van der Waals surface area contributed by atoms with Crippen molar-refractivity contribution in [2.24, 2.45) is 0 Å². The fourth-order valence-electron chi connectivity index (χ4n) is 4.05. The first-order chi connectivity index (χ1) is 13.7. The van der Waals surface area contributed by atoms with Crippen molar-refractivity contribution in [3.63, 3.8) is 0 Å². The minimum atomic E-state index is -0.666. The number of carbonyl (C=O) groups is 1. The fraction of sp³-hybridized carbons (Fsp3) is 0.708. The molecular weight excluding hydrogens is 348 g/mol. The lowest BCUT2D eigenvalue weighted by Gasteiger charge is -2.33. The number of hydrogen-bond acceptors (Lipinski definition) is 3. The summed E-state index contributed by atoms with van der Waals surface area (Å²) in [6, 6.07) is 9.47. The summed E-state index contributed by atoms with van der Waals surface area (Å²) in [6.07, 6.45) is 12.0. The van der Waals surface area contributed by atoms with Crippen LogP contribution in [0.3, 0.4) is 0 Å². The molecule has 0 radical (unpaired) electrons. The number of nitrogens with zero attached hydrogens (tertiary/aromatic N) is 1. The zero-order chi connectivity index (χ0) is 20.0. The maximum Gasteiger partial charge on any atom is 0.220 e. The Kier molecular flexibility index (Phi) is 11.2. The zero-order valence-corrected chi connectivity index (χ0v) is 17.7. The van der Waals surface area contributed by atoms with Crippen LogP contribution in [0.5, 0.6) is 0 Å². The van der Waals surface area contributed by atoms with Crippen molar-refractivity contribution in [1.82, 2.24) is 10.2 Å². The summed E-state index contributed by atoms with van der Waals surface area (Å²) in [7, 11) is 0. The number of unbranched alkanes of at least 4 members (excludes halogenated alkanes) is 6. The summed E-state index contributed by atoms with van der Waals surface area (Å²) >= 11 is 0. The first kappa shape index (κ1) is 22.9. The predicted molar refractivity (Wildman–Crippen MR) is 116 cm³/mol. The van der Waals surface area contributed by atoms with Crippen molar-refractivity contribution in [1.29, 1.82) is 0 Å². The summed E-state index contributed by atoms with van der Waals surface area (Å²) in [5.41, 5.74) is 0.876. The van der Waals surface area contributed by atoms with E-state index >= 15 is 0 Å². The Labute approximate surface area is 171 Å². The van der Waals surface area contributed by atoms with Gasteiger partial charge in [-0.15, -0.1) is 0 Å². The van der Waals surface area contributed by atoms with Crippen LogP contribution in [0.15, 0.2) is 30.3 Å². The minimum Gasteiger partial charge on any atom is -0.386 e. The van der Waals surface area contributed by atoms with E-state index in [1.807, 2.05) is 30.3 Å². The van der Waals surface area contributed by atoms with Gasteiger partial charge in [-0.3, -0.25) is 4.79 Å². The molecule has 1 aliphatic heterocycles. The molecule has 28 heavy (non-hydrogen) atoms. The minimum absolute atomic E-state index is 0.0746. The molecule has 0 spiro atoms. The molecule has 158 valence electrons. The van der Waals surface area contributed by atoms with Crippen molar-refractivity contribution >= 4 is 5.91 Å². The van der Waals surface area contributed by atoms with Gasteiger partial charge in [0, 0.05) is 13.0 Å². The second kappa shape index (κ2) is 13.7. The third-order valence-electron chi connectivity index (χ3n) is 5.78. The first-order valence-corrected chi connectivity index (χ1v) is 11.5. The van der Waals surface area contributed by atoms with Gasteiger partial charge in [-0.05, 0) is 37.9 Å². The molecule has 1 amide bonds. The van der Waals surface area contributed by atoms with E-state index in [1.165, 1.54) is 51.4 Å². The number of carbonyl (C=O) groups excluding carboxylic acids is 1. The van der Waals surface area contributed by atoms with Crippen molar-refractivity contribution in [2.45, 2.75) is 89.7 Å². The number of aliphatic hydroxyl groups is 1. The van der Waals surface area contributed by atoms with Crippen LogP contribution in [0.1, 0.15) is 89.2 Å². The smallest absolute Gasteiger partial charge is 0.220 e. The van der Waals surface area contributed by atoms with E-state index in [1.54, 1.807) is 0 Å². The molecule has 0 aliphatic carbocycles. The highest BCUT2D eigenvalue weighted by molar-refractivity contribution is 5.76. The van der Waals surface area contributed by atoms with Crippen molar-refractivity contribution in [3.8, 4) is 0 Å². The maximum absolute atomic E-state index is 12.5. The maximum atomic E-state index is 12.5. The number of amides is 1. The number of aliphatic hydroxyl groups excluding tert-OH is 1. The molecule has 0 unspecified atom stereocenters. The van der Waals surface area contributed by atoms with Crippen LogP contribution >= 0.6 is 0 Å². The summed E-state index contributed by atoms with van der Waals surface area (Å²) < 4.78 is 0. The Morgan fingerprint density at radius 1 is 1.00 bits per heavy atom. The molecule has 2 N–H and O–H groups in total. The molecule has 1 fully saturated rings. The third-order valence-corrected chi connectivity index (χ3v) is 5.78. The standard InChI is InChI=1S/C24H40N2O2/c1-2-3-4-5-6-7-12-17-23(27)25-22(20-26-18-13-9-14-19-26)24(28)21-15-10-8-11-16-21/h8,10-11,15-16,22,24,28H,2-7,9,12-14,17-20H2,1H3,(H,25,27)/t22-,24-/m1/s1. The van der Waals surface area contributed by atoms with E-state index in [9.17, 15) is 9.90 Å². The second-order valence-corrected chi connectivity index (χ2v) is 8.26. The molecule has 4 nitrogen and oxygen atoms in total. The van der Waals surface area contributed by atoms with Crippen LogP contribution in [0.2, 0.25) is 0 Å². The molecule has 1 aliphatic rings. The van der Waals surface area contributed by atoms with Gasteiger partial charge in [0.2, 0.25) is 5.91 Å². The molecule has 1 aromatic carbocycles. The van der Waals surface area contributed by atoms with Crippen LogP contribution in [-0.4, -0.2) is 41.6 Å². The lowest BCUT2D eigenvalue weighted by molar-refractivity contribution is -0.123. The van der Waals surface area contributed by atoms with E-state index in [4.69, 9.17) is 0 Å². The van der Waals surface area contributed by atoms with E-state index in [0.29, 0.717) is 6.42 Å². The SMILES string of the molecule is CCCCCCCCCC(=O)N[C@H](CN1CCCCC1)[C@H](O)c1ccccc1. The van der Waals surface area contributed by atoms with Gasteiger partial charge in [-0.1, -0.05) is 82.2 Å². The Bertz CT molecular complexity index is 529. The Morgan fingerprint density at radius 3 is 2.32 bits per heavy atom. The molecule has 1 saturated heterocycles. The molecule has 0 bridgehead atoms. The van der Waals surface area contributed by atoms with Crippen LogP contribution in [-0.2, 0) is 4.79 Å². The van der Waals surface area contributed by atoms with E-state index in [2.05, 4.69) is 17.1 Å². The normalized spacial score (nSPS) is 17.2. The molecule has 0 aromatic heterocycles. The summed E-state index contributed by atoms with van der Waals surface area (Å²) in [6.45, 7) is 5.07. The van der Waals surface area contributed by atoms with Crippen molar-refractivity contribution in [3.05, 3.63) is 35.9 Å². The Morgan fingerprint density at radius 2 is 1.64 bits per heavy atom. The number of likely N-dealkylation sites (tertiary alicyclic amines) is 1. The second-order valence-electron chi connectivity index (χ2n) is 8.26. The number of benzene rings is 1. The van der Waals surface area contributed by atoms with E-state index < -0.39 is 6.10 Å². The largest absolute Gasteiger partial charge is 0.386 e. The van der Waals surface area contributed by atoms with Gasteiger partial charge in [0.15, 0.2) is 0 Å². The van der Waals surface area contributed by atoms with Gasteiger partial charge in [-0.25, -0.2) is 0 Å². The quantitative estimate of drug-likeness (QED) is 0.476. The van der Waals surface area contributed by atoms with E-state index in [-0.39, 0.29) is 11.9 Å². The Balaban J connectivity index is 1.81. The molecule has 1 heterocycles. The van der Waals surface area contributed by atoms with Gasteiger partial charge < -0.3 is 15.3 Å². The van der Waals surface area contributed by atoms with Gasteiger partial charge in [0.05, 0.1) is 6.04 Å². The monoisotopic (exact) mass is 388 g/mol. The molecule has 1 aromatic rings. The number of hydrogen-bond donors (Lipinski definition) is 2. The average molecular weight is 389 g/mol. The first-order valence-electron chi connectivity index (χ1n) is 11.5. The Hall–Kier alpha value is -1.39. The molecule has 0 saturated carbocycles. The summed E-state index contributed by atoms with van der Waals surface area (Å²) in [5, 5.41) is 14.1. The molecular formula is C24H40N2O2. The summed E-state index contributed by atoms with van der Waals surface area (Å²) in [5.74, 6) is 0.0746. The summed E-state index contributed by atoms with van der Waals surface area (Å²) in [4.78, 5) is 14.9. The van der Waals surface area contributed by atoms with Crippen LogP contribution in [0.25, 0.3) is 0 Å². The number of rotatable bonds is 13. The van der Waals surface area contributed by atoms with Gasteiger partial charge >= 0.3 is 0 Å². The van der Waals surface area contributed by atoms with Crippen molar-refractivity contribution < 1.29 is 9.90 Å². The topological polar surface area (TPSA) is 52.6 Å². The van der Waals surface area contributed by atoms with Crippen molar-refractivity contribution in [2.75, 3.05) is 19.6 Å². The molecule has 4 heteroatoms. The fourth-order valence-corrected chi connectivity index (χ4v) is 4.05. The van der Waals surface area contributed by atoms with Crippen LogP contribution in [0, 0.1) is 0 Å².